The molecule has 8 heteroatoms. The quantitative estimate of drug-likeness (QED) is 0.752. The van der Waals surface area contributed by atoms with E-state index in [1.165, 1.54) is 0 Å². The smallest absolute Gasteiger partial charge is 0.416 e. The Morgan fingerprint density at radius 1 is 1.30 bits per heavy atom. The van der Waals surface area contributed by atoms with E-state index in [4.69, 9.17) is 4.74 Å². The number of hydrogen-bond donors (Lipinski definition) is 0. The second-order valence-corrected chi connectivity index (χ2v) is 5.10. The van der Waals surface area contributed by atoms with Crippen LogP contribution in [-0.2, 0) is 20.7 Å². The van der Waals surface area contributed by atoms with E-state index in [1.54, 1.807) is 0 Å². The summed E-state index contributed by atoms with van der Waals surface area (Å²) in [5.74, 6) is -0.601. The van der Waals surface area contributed by atoms with Crippen LogP contribution in [0.15, 0.2) is 30.3 Å². The minimum Gasteiger partial charge on any atom is -0.447 e. The van der Waals surface area contributed by atoms with Crippen molar-refractivity contribution in [1.82, 2.24) is 4.90 Å². The molecule has 0 aromatic heterocycles. The average molecular weight is 331 g/mol. The molecule has 0 spiro atoms. The minimum atomic E-state index is -4.44. The lowest BCUT2D eigenvalue weighted by molar-refractivity contribution is -0.175. The number of carbonyl (C=O) groups excluding carboxylic acids is 2. The zero-order valence-corrected chi connectivity index (χ0v) is 12.2. The third-order valence-electron chi connectivity index (χ3n) is 3.27. The summed E-state index contributed by atoms with van der Waals surface area (Å²) in [5.41, 5.74) is 0.932. The van der Waals surface area contributed by atoms with Gasteiger partial charge in [0.1, 0.15) is 13.2 Å². The number of imide groups is 1. The first-order chi connectivity index (χ1) is 10.9. The molecule has 1 aromatic rings. The molecule has 5 nitrogen and oxygen atoms in total. The Balaban J connectivity index is 1.87. The van der Waals surface area contributed by atoms with Gasteiger partial charge in [-0.25, -0.2) is 9.69 Å². The highest BCUT2D eigenvalue weighted by Crippen LogP contribution is 2.19. The average Bonchev–Trinajstić information content (AvgIpc) is 2.84. The molecular formula is C15H16F3NO4. The second-order valence-electron chi connectivity index (χ2n) is 5.10. The molecule has 1 aliphatic heterocycles. The number of amides is 2. The Hall–Kier alpha value is -2.09. The maximum absolute atomic E-state index is 12.0. The standard InChI is InChI=1S/C15H16F3NO4/c16-15(17,18)10-22-7-6-13(20)19-12(9-23-14(19)21)8-11-4-2-1-3-5-11/h1-5,12H,6-10H2/t12-/m0/s1. The van der Waals surface area contributed by atoms with Crippen molar-refractivity contribution in [3.63, 3.8) is 0 Å². The molecule has 0 saturated carbocycles. The summed E-state index contributed by atoms with van der Waals surface area (Å²) in [6, 6.07) is 8.78. The largest absolute Gasteiger partial charge is 0.447 e. The first-order valence-electron chi connectivity index (χ1n) is 7.04. The minimum absolute atomic E-state index is 0.0723. The van der Waals surface area contributed by atoms with E-state index in [9.17, 15) is 22.8 Å². The molecule has 1 saturated heterocycles. The predicted molar refractivity (Wildman–Crippen MR) is 73.6 cm³/mol. The summed E-state index contributed by atoms with van der Waals surface area (Å²) < 4.78 is 45.1. The van der Waals surface area contributed by atoms with Gasteiger partial charge in [-0.3, -0.25) is 4.79 Å². The van der Waals surface area contributed by atoms with Gasteiger partial charge in [0.25, 0.3) is 0 Å². The highest BCUT2D eigenvalue weighted by Gasteiger charge is 2.37. The molecule has 0 aliphatic carbocycles. The van der Waals surface area contributed by atoms with Crippen molar-refractivity contribution in [3.05, 3.63) is 35.9 Å². The number of nitrogens with zero attached hydrogens (tertiary/aromatic N) is 1. The number of cyclic esters (lactones) is 1. The van der Waals surface area contributed by atoms with Crippen LogP contribution in [0, 0.1) is 0 Å². The van der Waals surface area contributed by atoms with Crippen LogP contribution in [0.3, 0.4) is 0 Å². The van der Waals surface area contributed by atoms with Gasteiger partial charge in [0.05, 0.1) is 19.1 Å². The Morgan fingerprint density at radius 3 is 2.65 bits per heavy atom. The SMILES string of the molecule is O=C(CCOCC(F)(F)F)N1C(=O)OC[C@@H]1Cc1ccccc1. The second kappa shape index (κ2) is 7.45. The number of alkyl halides is 3. The highest BCUT2D eigenvalue weighted by molar-refractivity contribution is 5.93. The van der Waals surface area contributed by atoms with Crippen molar-refractivity contribution in [1.29, 1.82) is 0 Å². The van der Waals surface area contributed by atoms with Crippen LogP contribution in [0.4, 0.5) is 18.0 Å². The van der Waals surface area contributed by atoms with Gasteiger partial charge in [-0.2, -0.15) is 13.2 Å². The number of ether oxygens (including phenoxy) is 2. The van der Waals surface area contributed by atoms with Crippen LogP contribution in [0.25, 0.3) is 0 Å². The van der Waals surface area contributed by atoms with Crippen molar-refractivity contribution in [2.45, 2.75) is 25.1 Å². The van der Waals surface area contributed by atoms with Crippen molar-refractivity contribution >= 4 is 12.0 Å². The van der Waals surface area contributed by atoms with Gasteiger partial charge < -0.3 is 9.47 Å². The lowest BCUT2D eigenvalue weighted by Gasteiger charge is -2.19. The Kier molecular flexibility index (Phi) is 5.59. The molecule has 23 heavy (non-hydrogen) atoms. The van der Waals surface area contributed by atoms with E-state index in [0.29, 0.717) is 6.42 Å². The predicted octanol–water partition coefficient (Wildman–Crippen LogP) is 2.55. The Bertz CT molecular complexity index is 547. The van der Waals surface area contributed by atoms with Crippen LogP contribution in [0.2, 0.25) is 0 Å². The van der Waals surface area contributed by atoms with E-state index in [-0.39, 0.29) is 13.0 Å². The van der Waals surface area contributed by atoms with Gasteiger partial charge in [-0.1, -0.05) is 30.3 Å². The highest BCUT2D eigenvalue weighted by atomic mass is 19.4. The maximum Gasteiger partial charge on any atom is 0.416 e. The van der Waals surface area contributed by atoms with Crippen LogP contribution in [0.1, 0.15) is 12.0 Å². The zero-order valence-electron chi connectivity index (χ0n) is 12.2. The van der Waals surface area contributed by atoms with Crippen LogP contribution in [-0.4, -0.2) is 48.9 Å². The van der Waals surface area contributed by atoms with Crippen LogP contribution in [0.5, 0.6) is 0 Å². The molecule has 1 fully saturated rings. The van der Waals surface area contributed by atoms with Crippen molar-refractivity contribution in [3.8, 4) is 0 Å². The molecule has 126 valence electrons. The van der Waals surface area contributed by atoms with Crippen LogP contribution >= 0.6 is 0 Å². The first-order valence-corrected chi connectivity index (χ1v) is 7.04. The van der Waals surface area contributed by atoms with Crippen molar-refractivity contribution < 1.29 is 32.2 Å². The fourth-order valence-electron chi connectivity index (χ4n) is 2.27. The molecule has 1 heterocycles. The topological polar surface area (TPSA) is 55.8 Å². The molecule has 1 aromatic carbocycles. The lowest BCUT2D eigenvalue weighted by Crippen LogP contribution is -2.40. The molecule has 0 bridgehead atoms. The number of halogens is 3. The van der Waals surface area contributed by atoms with Gasteiger partial charge in [-0.05, 0) is 12.0 Å². The first kappa shape index (κ1) is 17.3. The maximum atomic E-state index is 12.0. The zero-order chi connectivity index (χ0) is 16.9. The van der Waals surface area contributed by atoms with Crippen molar-refractivity contribution in [2.24, 2.45) is 0 Å². The molecule has 0 unspecified atom stereocenters. The van der Waals surface area contributed by atoms with E-state index in [2.05, 4.69) is 4.74 Å². The van der Waals surface area contributed by atoms with E-state index < -0.39 is 37.4 Å². The summed E-state index contributed by atoms with van der Waals surface area (Å²) >= 11 is 0. The summed E-state index contributed by atoms with van der Waals surface area (Å²) in [4.78, 5) is 24.7. The molecule has 2 rings (SSSR count). The van der Waals surface area contributed by atoms with Gasteiger partial charge in [0.2, 0.25) is 5.91 Å². The molecule has 2 amide bonds. The fraction of sp³-hybridized carbons (Fsp3) is 0.467. The number of carbonyl (C=O) groups is 2. The number of benzene rings is 1. The van der Waals surface area contributed by atoms with Gasteiger partial charge in [0, 0.05) is 0 Å². The van der Waals surface area contributed by atoms with E-state index in [0.717, 1.165) is 10.5 Å². The monoisotopic (exact) mass is 331 g/mol. The Labute approximate surface area is 131 Å². The number of hydrogen-bond acceptors (Lipinski definition) is 4. The molecule has 0 N–H and O–H groups in total. The summed E-state index contributed by atoms with van der Waals surface area (Å²) in [6.07, 6.45) is -5.09. The summed E-state index contributed by atoms with van der Waals surface area (Å²) in [7, 11) is 0. The van der Waals surface area contributed by atoms with Gasteiger partial charge in [-0.15, -0.1) is 0 Å². The fourth-order valence-corrected chi connectivity index (χ4v) is 2.27. The lowest BCUT2D eigenvalue weighted by atomic mass is 10.1. The molecule has 0 radical (unpaired) electrons. The summed E-state index contributed by atoms with van der Waals surface area (Å²) in [5, 5.41) is 0. The molecule has 1 aliphatic rings. The third kappa shape index (κ3) is 5.24. The van der Waals surface area contributed by atoms with Gasteiger partial charge >= 0.3 is 12.3 Å². The van der Waals surface area contributed by atoms with Crippen molar-refractivity contribution in [2.75, 3.05) is 19.8 Å². The summed E-state index contributed by atoms with van der Waals surface area (Å²) in [6.45, 7) is -1.75. The van der Waals surface area contributed by atoms with E-state index in [1.807, 2.05) is 30.3 Å². The van der Waals surface area contributed by atoms with Gasteiger partial charge in [0.15, 0.2) is 0 Å². The number of rotatable bonds is 6. The van der Waals surface area contributed by atoms with Crippen LogP contribution < -0.4 is 0 Å². The van der Waals surface area contributed by atoms with E-state index >= 15 is 0 Å². The Morgan fingerprint density at radius 2 is 2.00 bits per heavy atom. The molecule has 1 atom stereocenters. The third-order valence-corrected chi connectivity index (χ3v) is 3.27. The molecular weight excluding hydrogens is 315 g/mol. The normalized spacial score (nSPS) is 18.1.